The second-order valence-corrected chi connectivity index (χ2v) is 11.2. The van der Waals surface area contributed by atoms with Gasteiger partial charge in [-0.15, -0.1) is 0 Å². The van der Waals surface area contributed by atoms with E-state index >= 15 is 0 Å². The molecule has 1 aliphatic rings. The van der Waals surface area contributed by atoms with Crippen LogP contribution in [0.3, 0.4) is 0 Å². The van der Waals surface area contributed by atoms with Crippen molar-refractivity contribution in [2.75, 3.05) is 24.1 Å². The van der Waals surface area contributed by atoms with Gasteiger partial charge < -0.3 is 4.74 Å². The fourth-order valence-corrected chi connectivity index (χ4v) is 6.09. The number of rotatable bonds is 7. The molecule has 0 saturated carbocycles. The van der Waals surface area contributed by atoms with Gasteiger partial charge in [0.1, 0.15) is 0 Å². The molecule has 0 bridgehead atoms. The minimum atomic E-state index is -3.71. The Morgan fingerprint density at radius 2 is 1.78 bits per heavy atom. The molecular formula is C25H33N3O3S. The van der Waals surface area contributed by atoms with Crippen LogP contribution in [0.4, 0.5) is 5.69 Å². The van der Waals surface area contributed by atoms with E-state index in [-0.39, 0.29) is 5.92 Å². The minimum absolute atomic E-state index is 0.191. The summed E-state index contributed by atoms with van der Waals surface area (Å²) in [5.74, 6) is 0.734. The van der Waals surface area contributed by atoms with E-state index in [2.05, 4.69) is 11.2 Å². The molecule has 1 aromatic heterocycles. The van der Waals surface area contributed by atoms with Crippen molar-refractivity contribution in [1.82, 2.24) is 9.78 Å². The van der Waals surface area contributed by atoms with E-state index in [1.54, 1.807) is 22.6 Å². The van der Waals surface area contributed by atoms with E-state index in [4.69, 9.17) is 4.74 Å². The molecule has 32 heavy (non-hydrogen) atoms. The molecule has 0 radical (unpaired) electrons. The Balaban J connectivity index is 1.68. The van der Waals surface area contributed by atoms with Crippen molar-refractivity contribution in [2.24, 2.45) is 11.8 Å². The van der Waals surface area contributed by atoms with Gasteiger partial charge in [0.15, 0.2) is 0 Å². The summed E-state index contributed by atoms with van der Waals surface area (Å²) in [5.41, 5.74) is 3.78. The number of nitrogens with zero attached hydrogens (tertiary/aromatic N) is 3. The molecule has 3 aromatic rings. The predicted octanol–water partition coefficient (Wildman–Crippen LogP) is 4.93. The Kier molecular flexibility index (Phi) is 6.58. The van der Waals surface area contributed by atoms with Gasteiger partial charge in [-0.05, 0) is 80.0 Å². The number of ether oxygens (including phenoxy) is 1. The zero-order valence-electron chi connectivity index (χ0n) is 19.4. The summed E-state index contributed by atoms with van der Waals surface area (Å²) < 4.78 is 36.5. The van der Waals surface area contributed by atoms with Gasteiger partial charge in [-0.25, -0.2) is 8.42 Å². The third-order valence-electron chi connectivity index (χ3n) is 6.00. The summed E-state index contributed by atoms with van der Waals surface area (Å²) >= 11 is 0. The molecule has 0 amide bonds. The Morgan fingerprint density at radius 3 is 2.44 bits per heavy atom. The molecule has 2 heterocycles. The topological polar surface area (TPSA) is 64.4 Å². The zero-order chi connectivity index (χ0) is 22.9. The SMILES string of the molecule is Cc1cc(C)cc(N(CC(C)C)S(=O)(=O)c2ccc3c(cnn3CC3CCOCC3)c2)c1. The summed E-state index contributed by atoms with van der Waals surface area (Å²) in [6.45, 7) is 10.9. The van der Waals surface area contributed by atoms with E-state index in [0.717, 1.165) is 54.6 Å². The Hall–Kier alpha value is -2.38. The van der Waals surface area contributed by atoms with Crippen molar-refractivity contribution in [1.29, 1.82) is 0 Å². The molecule has 0 spiro atoms. The van der Waals surface area contributed by atoms with Gasteiger partial charge >= 0.3 is 0 Å². The molecule has 1 aliphatic heterocycles. The number of aromatic nitrogens is 2. The van der Waals surface area contributed by atoms with Crippen LogP contribution < -0.4 is 4.31 Å². The van der Waals surface area contributed by atoms with E-state index in [1.165, 1.54) is 0 Å². The van der Waals surface area contributed by atoms with E-state index < -0.39 is 10.0 Å². The fourth-order valence-electron chi connectivity index (χ4n) is 4.44. The van der Waals surface area contributed by atoms with Gasteiger partial charge in [-0.2, -0.15) is 5.10 Å². The summed E-state index contributed by atoms with van der Waals surface area (Å²) in [6.07, 6.45) is 3.85. The largest absolute Gasteiger partial charge is 0.381 e. The summed E-state index contributed by atoms with van der Waals surface area (Å²) in [6, 6.07) is 11.3. The number of hydrogen-bond donors (Lipinski definition) is 0. The van der Waals surface area contributed by atoms with Crippen LogP contribution >= 0.6 is 0 Å². The first-order valence-electron chi connectivity index (χ1n) is 11.4. The van der Waals surface area contributed by atoms with Crippen molar-refractivity contribution in [3.63, 3.8) is 0 Å². The average molecular weight is 456 g/mol. The standard InChI is InChI=1S/C25H33N3O3S/c1-18(2)16-28(23-12-19(3)11-20(4)13-23)32(29,30)24-5-6-25-22(14-24)15-26-27(25)17-21-7-9-31-10-8-21/h5-6,11-15,18,21H,7-10,16-17H2,1-4H3. The highest BCUT2D eigenvalue weighted by molar-refractivity contribution is 7.92. The molecule has 4 rings (SSSR count). The van der Waals surface area contributed by atoms with Gasteiger partial charge in [0.2, 0.25) is 0 Å². The monoisotopic (exact) mass is 455 g/mol. The third-order valence-corrected chi connectivity index (χ3v) is 7.79. The zero-order valence-corrected chi connectivity index (χ0v) is 20.2. The van der Waals surface area contributed by atoms with E-state index in [1.807, 2.05) is 50.6 Å². The van der Waals surface area contributed by atoms with Gasteiger partial charge in [0, 0.05) is 31.7 Å². The van der Waals surface area contributed by atoms with E-state index in [0.29, 0.717) is 23.0 Å². The van der Waals surface area contributed by atoms with Crippen molar-refractivity contribution in [3.05, 3.63) is 53.7 Å². The maximum atomic E-state index is 13.7. The van der Waals surface area contributed by atoms with Crippen molar-refractivity contribution in [2.45, 2.75) is 52.0 Å². The Labute approximate surface area is 191 Å². The van der Waals surface area contributed by atoms with Crippen molar-refractivity contribution in [3.8, 4) is 0 Å². The average Bonchev–Trinajstić information content (AvgIpc) is 3.14. The number of aryl methyl sites for hydroxylation is 2. The lowest BCUT2D eigenvalue weighted by atomic mass is 10.0. The number of fused-ring (bicyclic) bond motifs is 1. The lowest BCUT2D eigenvalue weighted by Crippen LogP contribution is -2.34. The van der Waals surface area contributed by atoms with Crippen LogP contribution in [0.2, 0.25) is 0 Å². The maximum absolute atomic E-state index is 13.7. The third kappa shape index (κ3) is 4.84. The quantitative estimate of drug-likeness (QED) is 0.507. The predicted molar refractivity (Wildman–Crippen MR) is 129 cm³/mol. The molecule has 1 saturated heterocycles. The highest BCUT2D eigenvalue weighted by Gasteiger charge is 2.27. The lowest BCUT2D eigenvalue weighted by Gasteiger charge is -2.27. The van der Waals surface area contributed by atoms with Crippen LogP contribution in [0.15, 0.2) is 47.5 Å². The van der Waals surface area contributed by atoms with Gasteiger partial charge in [0.05, 0.1) is 22.3 Å². The number of hydrogen-bond acceptors (Lipinski definition) is 4. The van der Waals surface area contributed by atoms with Crippen LogP contribution in [-0.4, -0.2) is 38.0 Å². The molecule has 1 fully saturated rings. The normalized spacial score (nSPS) is 15.5. The second-order valence-electron chi connectivity index (χ2n) is 9.38. The second kappa shape index (κ2) is 9.24. The van der Waals surface area contributed by atoms with Crippen LogP contribution in [-0.2, 0) is 21.3 Å². The first-order chi connectivity index (χ1) is 15.2. The lowest BCUT2D eigenvalue weighted by molar-refractivity contribution is 0.0605. The molecular weight excluding hydrogens is 422 g/mol. The molecule has 0 N–H and O–H groups in total. The molecule has 2 aromatic carbocycles. The molecule has 0 aliphatic carbocycles. The van der Waals surface area contributed by atoms with Gasteiger partial charge in [-0.3, -0.25) is 8.99 Å². The maximum Gasteiger partial charge on any atom is 0.264 e. The molecule has 172 valence electrons. The van der Waals surface area contributed by atoms with Crippen LogP contribution in [0.25, 0.3) is 10.9 Å². The summed E-state index contributed by atoms with van der Waals surface area (Å²) in [4.78, 5) is 0.301. The fraction of sp³-hybridized carbons (Fsp3) is 0.480. The summed E-state index contributed by atoms with van der Waals surface area (Å²) in [5, 5.41) is 5.40. The van der Waals surface area contributed by atoms with Crippen molar-refractivity contribution >= 4 is 26.6 Å². The molecule has 0 atom stereocenters. The van der Waals surface area contributed by atoms with Crippen LogP contribution in [0.5, 0.6) is 0 Å². The Bertz CT molecular complexity index is 1170. The Morgan fingerprint density at radius 1 is 1.09 bits per heavy atom. The summed E-state index contributed by atoms with van der Waals surface area (Å²) in [7, 11) is -3.71. The first-order valence-corrected chi connectivity index (χ1v) is 12.8. The number of sulfonamides is 1. The molecule has 7 heteroatoms. The van der Waals surface area contributed by atoms with Gasteiger partial charge in [-0.1, -0.05) is 19.9 Å². The van der Waals surface area contributed by atoms with Crippen molar-refractivity contribution < 1.29 is 13.2 Å². The smallest absolute Gasteiger partial charge is 0.264 e. The highest BCUT2D eigenvalue weighted by Crippen LogP contribution is 2.29. The van der Waals surface area contributed by atoms with E-state index in [9.17, 15) is 8.42 Å². The molecule has 0 unspecified atom stereocenters. The number of anilines is 1. The van der Waals surface area contributed by atoms with Crippen LogP contribution in [0.1, 0.15) is 37.8 Å². The van der Waals surface area contributed by atoms with Gasteiger partial charge in [0.25, 0.3) is 10.0 Å². The molecule has 6 nitrogen and oxygen atoms in total. The first kappa shape index (κ1) is 22.8. The highest BCUT2D eigenvalue weighted by atomic mass is 32.2. The van der Waals surface area contributed by atoms with Crippen LogP contribution in [0, 0.1) is 25.7 Å². The minimum Gasteiger partial charge on any atom is -0.381 e. The number of benzene rings is 2.